The van der Waals surface area contributed by atoms with E-state index in [2.05, 4.69) is 5.32 Å². The lowest BCUT2D eigenvalue weighted by molar-refractivity contribution is -0.123. The predicted octanol–water partition coefficient (Wildman–Crippen LogP) is 3.06. The van der Waals surface area contributed by atoms with Crippen LogP contribution in [0.2, 0.25) is 0 Å². The van der Waals surface area contributed by atoms with E-state index in [9.17, 15) is 22.4 Å². The molecule has 3 nitrogen and oxygen atoms in total. The Bertz CT molecular complexity index is 477. The smallest absolute Gasteiger partial charge is 0.324 e. The summed E-state index contributed by atoms with van der Waals surface area (Å²) in [6.07, 6.45) is -3.81. The molecule has 1 aromatic carbocycles. The van der Waals surface area contributed by atoms with Crippen LogP contribution in [-0.4, -0.2) is 31.3 Å². The van der Waals surface area contributed by atoms with Crippen molar-refractivity contribution in [3.05, 3.63) is 29.3 Å². The fourth-order valence-corrected chi connectivity index (χ4v) is 1.60. The molecule has 1 rings (SSSR count). The Morgan fingerprint density at radius 2 is 2.00 bits per heavy atom. The minimum Gasteiger partial charge on any atom is -0.385 e. The molecule has 0 saturated heterocycles. The number of rotatable bonds is 6. The van der Waals surface area contributed by atoms with Crippen LogP contribution in [0.4, 0.5) is 23.2 Å². The third-order valence-corrected chi connectivity index (χ3v) is 2.66. The van der Waals surface area contributed by atoms with Crippen LogP contribution in [0, 0.1) is 6.92 Å². The van der Waals surface area contributed by atoms with E-state index in [0.29, 0.717) is 12.1 Å². The molecule has 7 heteroatoms. The lowest BCUT2D eigenvalue weighted by Crippen LogP contribution is -2.41. The van der Waals surface area contributed by atoms with Crippen molar-refractivity contribution in [3.63, 3.8) is 0 Å². The zero-order valence-electron chi connectivity index (χ0n) is 11.1. The number of hydrogen-bond acceptors (Lipinski definition) is 2. The highest BCUT2D eigenvalue weighted by Gasteiger charge is 2.40. The van der Waals surface area contributed by atoms with Gasteiger partial charge in [-0.1, -0.05) is 0 Å². The Hall–Kier alpha value is -1.79. The van der Waals surface area contributed by atoms with Crippen LogP contribution in [0.15, 0.2) is 18.2 Å². The molecule has 1 amide bonds. The maximum atomic E-state index is 12.7. The van der Waals surface area contributed by atoms with Crippen molar-refractivity contribution in [1.82, 2.24) is 5.32 Å². The lowest BCUT2D eigenvalue weighted by Gasteiger charge is -2.16. The molecular formula is C13H16F4N2O. The molecule has 0 aliphatic carbocycles. The summed E-state index contributed by atoms with van der Waals surface area (Å²) in [6, 6.07) is 4.77. The molecule has 0 aromatic heterocycles. The molecule has 0 aliphatic heterocycles. The van der Waals surface area contributed by atoms with Crippen molar-refractivity contribution in [2.24, 2.45) is 0 Å². The summed E-state index contributed by atoms with van der Waals surface area (Å²) < 4.78 is 49.4. The number of halogens is 4. The van der Waals surface area contributed by atoms with Crippen molar-refractivity contribution in [2.75, 3.05) is 18.4 Å². The maximum Gasteiger partial charge on any atom is 0.324 e. The number of anilines is 1. The van der Waals surface area contributed by atoms with Gasteiger partial charge in [0.25, 0.3) is 5.91 Å². The number of amides is 1. The van der Waals surface area contributed by atoms with E-state index in [4.69, 9.17) is 0 Å². The van der Waals surface area contributed by atoms with Gasteiger partial charge in [-0.2, -0.15) is 8.78 Å². The second kappa shape index (κ2) is 6.58. The van der Waals surface area contributed by atoms with Gasteiger partial charge < -0.3 is 10.6 Å². The molecule has 1 aromatic rings. The second-order valence-corrected chi connectivity index (χ2v) is 4.30. The molecule has 0 spiro atoms. The first-order chi connectivity index (χ1) is 9.27. The van der Waals surface area contributed by atoms with Gasteiger partial charge in [-0.15, -0.1) is 0 Å². The number of carbonyl (C=O) groups is 1. The van der Waals surface area contributed by atoms with Crippen LogP contribution in [0.1, 0.15) is 22.8 Å². The topological polar surface area (TPSA) is 41.1 Å². The van der Waals surface area contributed by atoms with Gasteiger partial charge >= 0.3 is 12.3 Å². The van der Waals surface area contributed by atoms with E-state index >= 15 is 0 Å². The lowest BCUT2D eigenvalue weighted by atomic mass is 10.1. The largest absolute Gasteiger partial charge is 0.385 e. The Kier molecular flexibility index (Phi) is 5.35. The first-order valence-corrected chi connectivity index (χ1v) is 6.06. The van der Waals surface area contributed by atoms with Crippen LogP contribution in [0.25, 0.3) is 0 Å². The van der Waals surface area contributed by atoms with Crippen molar-refractivity contribution < 1.29 is 22.4 Å². The van der Waals surface area contributed by atoms with Gasteiger partial charge in [0.1, 0.15) is 0 Å². The van der Waals surface area contributed by atoms with Crippen molar-refractivity contribution >= 4 is 11.6 Å². The fraction of sp³-hybridized carbons (Fsp3) is 0.462. The van der Waals surface area contributed by atoms with Gasteiger partial charge in [0.15, 0.2) is 0 Å². The Balaban J connectivity index is 2.73. The van der Waals surface area contributed by atoms with E-state index in [-0.39, 0.29) is 5.56 Å². The summed E-state index contributed by atoms with van der Waals surface area (Å²) in [7, 11) is 0. The van der Waals surface area contributed by atoms with Crippen LogP contribution >= 0.6 is 0 Å². The van der Waals surface area contributed by atoms with E-state index in [1.165, 1.54) is 6.07 Å². The first kappa shape index (κ1) is 16.3. The molecule has 0 radical (unpaired) electrons. The van der Waals surface area contributed by atoms with Gasteiger partial charge in [0.05, 0.1) is 6.54 Å². The summed E-state index contributed by atoms with van der Waals surface area (Å²) in [5.74, 6) is -5.03. The third kappa shape index (κ3) is 4.11. The maximum absolute atomic E-state index is 12.7. The summed E-state index contributed by atoms with van der Waals surface area (Å²) in [5, 5.41) is 4.86. The van der Waals surface area contributed by atoms with Crippen molar-refractivity contribution in [3.8, 4) is 0 Å². The third-order valence-electron chi connectivity index (χ3n) is 2.66. The molecular weight excluding hydrogens is 276 g/mol. The van der Waals surface area contributed by atoms with E-state index in [1.54, 1.807) is 19.1 Å². The number of nitrogens with one attached hydrogen (secondary N) is 2. The molecule has 20 heavy (non-hydrogen) atoms. The summed E-state index contributed by atoms with van der Waals surface area (Å²) in [6.45, 7) is 2.85. The minimum absolute atomic E-state index is 0.178. The summed E-state index contributed by atoms with van der Waals surface area (Å²) in [4.78, 5) is 11.7. The van der Waals surface area contributed by atoms with Crippen LogP contribution < -0.4 is 10.6 Å². The van der Waals surface area contributed by atoms with Crippen LogP contribution in [0.5, 0.6) is 0 Å². The molecule has 0 fully saturated rings. The number of benzene rings is 1. The zero-order chi connectivity index (χ0) is 15.3. The predicted molar refractivity (Wildman–Crippen MR) is 68.6 cm³/mol. The van der Waals surface area contributed by atoms with Gasteiger partial charge in [-0.05, 0) is 37.6 Å². The summed E-state index contributed by atoms with van der Waals surface area (Å²) in [5.41, 5.74) is 1.54. The quantitative estimate of drug-likeness (QED) is 0.791. The SMILES string of the molecule is CCNc1ccc(C(=O)NCC(F)(F)C(F)F)c(C)c1. The number of carbonyl (C=O) groups excluding carboxylic acids is 1. The van der Waals surface area contributed by atoms with Crippen molar-refractivity contribution in [2.45, 2.75) is 26.2 Å². The first-order valence-electron chi connectivity index (χ1n) is 6.06. The second-order valence-electron chi connectivity index (χ2n) is 4.30. The molecule has 0 unspecified atom stereocenters. The van der Waals surface area contributed by atoms with Gasteiger partial charge in [-0.3, -0.25) is 4.79 Å². The average Bonchev–Trinajstić information content (AvgIpc) is 2.36. The number of aryl methyl sites for hydroxylation is 1. The molecule has 112 valence electrons. The molecule has 2 N–H and O–H groups in total. The highest BCUT2D eigenvalue weighted by atomic mass is 19.3. The van der Waals surface area contributed by atoms with E-state index < -0.39 is 24.8 Å². The molecule has 0 saturated carbocycles. The van der Waals surface area contributed by atoms with E-state index in [1.807, 2.05) is 12.2 Å². The normalized spacial score (nSPS) is 11.6. The number of hydrogen-bond donors (Lipinski definition) is 2. The van der Waals surface area contributed by atoms with Crippen LogP contribution in [0.3, 0.4) is 0 Å². The molecule has 0 bridgehead atoms. The summed E-state index contributed by atoms with van der Waals surface area (Å²) >= 11 is 0. The molecule has 0 aliphatic rings. The average molecular weight is 292 g/mol. The minimum atomic E-state index is -4.23. The van der Waals surface area contributed by atoms with Crippen molar-refractivity contribution in [1.29, 1.82) is 0 Å². The highest BCUT2D eigenvalue weighted by Crippen LogP contribution is 2.22. The van der Waals surface area contributed by atoms with Gasteiger partial charge in [0.2, 0.25) is 0 Å². The molecule has 0 atom stereocenters. The number of alkyl halides is 4. The Labute approximate surface area is 114 Å². The van der Waals surface area contributed by atoms with Gasteiger partial charge in [-0.25, -0.2) is 8.78 Å². The van der Waals surface area contributed by atoms with Gasteiger partial charge in [0, 0.05) is 17.8 Å². The monoisotopic (exact) mass is 292 g/mol. The van der Waals surface area contributed by atoms with Crippen LogP contribution in [-0.2, 0) is 0 Å². The van der Waals surface area contributed by atoms with E-state index in [0.717, 1.165) is 5.69 Å². The highest BCUT2D eigenvalue weighted by molar-refractivity contribution is 5.96. The zero-order valence-corrected chi connectivity index (χ0v) is 11.1. The standard InChI is InChI=1S/C13H16F4N2O/c1-3-18-9-4-5-10(8(2)6-9)11(20)19-7-13(16,17)12(14)15/h4-6,12,18H,3,7H2,1-2H3,(H,19,20). The molecule has 0 heterocycles. The Morgan fingerprint density at radius 3 is 2.50 bits per heavy atom. The fourth-order valence-electron chi connectivity index (χ4n) is 1.60. The Morgan fingerprint density at radius 1 is 1.35 bits per heavy atom.